The van der Waals surface area contributed by atoms with Crippen molar-refractivity contribution in [2.45, 2.75) is 76.9 Å². The summed E-state index contributed by atoms with van der Waals surface area (Å²) < 4.78 is 50.1. The predicted molar refractivity (Wildman–Crippen MR) is 131 cm³/mol. The van der Waals surface area contributed by atoms with Gasteiger partial charge in [0, 0.05) is 25.8 Å². The van der Waals surface area contributed by atoms with E-state index in [9.17, 15) is 27.6 Å². The molecule has 2 N–H and O–H groups in total. The van der Waals surface area contributed by atoms with E-state index in [-0.39, 0.29) is 24.6 Å². The smallest absolute Gasteiger partial charge is 0.416 e. The van der Waals surface area contributed by atoms with Gasteiger partial charge in [0.05, 0.1) is 18.8 Å². The van der Waals surface area contributed by atoms with Gasteiger partial charge in [0.1, 0.15) is 17.6 Å². The first-order chi connectivity index (χ1) is 17.2. The number of benzene rings is 1. The molecule has 2 fully saturated rings. The number of nitrogens with one attached hydrogen (secondary N) is 2. The highest BCUT2D eigenvalue weighted by molar-refractivity contribution is 5.96. The standard InChI is InChI=1S/C26H36F3N3O5/c1-7-15-13-25(15,23(35)37-6)31-21(33)19-12-18(36-5)14-32(19)22(34)20(24(2,3)4)30-17-10-8-9-16(11-17)26(27,28)29/h8-11,15,18-20,30H,7,12-14H2,1-6H3,(H,31,33)/t15-,18-,19+,20-,25-/m1/s1. The molecule has 0 bridgehead atoms. The van der Waals surface area contributed by atoms with Gasteiger partial charge >= 0.3 is 12.1 Å². The minimum absolute atomic E-state index is 0.0578. The highest BCUT2D eigenvalue weighted by atomic mass is 19.4. The summed E-state index contributed by atoms with van der Waals surface area (Å²) in [6.07, 6.45) is -3.59. The summed E-state index contributed by atoms with van der Waals surface area (Å²) in [6, 6.07) is 2.80. The van der Waals surface area contributed by atoms with Gasteiger partial charge in [0.2, 0.25) is 11.8 Å². The maximum absolute atomic E-state index is 13.9. The van der Waals surface area contributed by atoms with Gasteiger partial charge in [0.15, 0.2) is 0 Å². The molecule has 1 saturated heterocycles. The Balaban J connectivity index is 1.87. The lowest BCUT2D eigenvalue weighted by molar-refractivity contribution is -0.148. The molecule has 8 nitrogen and oxygen atoms in total. The van der Waals surface area contributed by atoms with Crippen LogP contribution < -0.4 is 10.6 Å². The van der Waals surface area contributed by atoms with Gasteiger partial charge in [-0.3, -0.25) is 9.59 Å². The molecule has 37 heavy (non-hydrogen) atoms. The molecular formula is C26H36F3N3O5. The maximum atomic E-state index is 13.9. The van der Waals surface area contributed by atoms with Crippen LogP contribution in [0.15, 0.2) is 24.3 Å². The summed E-state index contributed by atoms with van der Waals surface area (Å²) in [5.74, 6) is -1.51. The molecule has 206 valence electrons. The first kappa shape index (κ1) is 28.7. The number of halogens is 3. The molecule has 0 radical (unpaired) electrons. The first-order valence-electron chi connectivity index (χ1n) is 12.4. The van der Waals surface area contributed by atoms with Crippen LogP contribution in [0, 0.1) is 11.3 Å². The number of likely N-dealkylation sites (tertiary alicyclic amines) is 1. The third kappa shape index (κ3) is 6.02. The number of carbonyl (C=O) groups excluding carboxylic acids is 3. The van der Waals surface area contributed by atoms with Crippen LogP contribution in [0.3, 0.4) is 0 Å². The number of hydrogen-bond donors (Lipinski definition) is 2. The SMILES string of the molecule is CC[C@@H]1C[C@]1(NC(=O)[C@@H]1C[C@@H](OC)CN1C(=O)[C@@H](Nc1cccc(C(F)(F)F)c1)C(C)(C)C)C(=O)OC. The van der Waals surface area contributed by atoms with Gasteiger partial charge in [-0.1, -0.05) is 40.2 Å². The average molecular weight is 528 g/mol. The summed E-state index contributed by atoms with van der Waals surface area (Å²) in [5, 5.41) is 5.80. The Bertz CT molecular complexity index is 1030. The number of rotatable bonds is 8. The second-order valence-corrected chi connectivity index (χ2v) is 10.9. The number of hydrogen-bond acceptors (Lipinski definition) is 6. The molecule has 0 aromatic heterocycles. The fourth-order valence-electron chi connectivity index (χ4n) is 4.99. The average Bonchev–Trinajstić information content (AvgIpc) is 3.37. The topological polar surface area (TPSA) is 97.0 Å². The molecule has 1 aliphatic heterocycles. The van der Waals surface area contributed by atoms with E-state index < -0.39 is 58.7 Å². The number of esters is 1. The van der Waals surface area contributed by atoms with Crippen molar-refractivity contribution in [1.29, 1.82) is 0 Å². The number of nitrogens with zero attached hydrogens (tertiary/aromatic N) is 1. The van der Waals surface area contributed by atoms with Gasteiger partial charge in [-0.05, 0) is 36.0 Å². The molecule has 3 rings (SSSR count). The molecule has 0 unspecified atom stereocenters. The number of methoxy groups -OCH3 is 2. The number of alkyl halides is 3. The van der Waals surface area contributed by atoms with Crippen LogP contribution in [0.4, 0.5) is 18.9 Å². The van der Waals surface area contributed by atoms with E-state index in [2.05, 4.69) is 10.6 Å². The lowest BCUT2D eigenvalue weighted by Gasteiger charge is -2.36. The van der Waals surface area contributed by atoms with E-state index in [1.807, 2.05) is 6.92 Å². The Morgan fingerprint density at radius 1 is 1.19 bits per heavy atom. The molecule has 5 atom stereocenters. The predicted octanol–water partition coefficient (Wildman–Crippen LogP) is 3.61. The van der Waals surface area contributed by atoms with E-state index >= 15 is 0 Å². The van der Waals surface area contributed by atoms with Gasteiger partial charge in [0.25, 0.3) is 0 Å². The molecular weight excluding hydrogens is 491 g/mol. The Morgan fingerprint density at radius 2 is 1.86 bits per heavy atom. The molecule has 1 aliphatic carbocycles. The largest absolute Gasteiger partial charge is 0.467 e. The minimum atomic E-state index is -4.53. The van der Waals surface area contributed by atoms with Crippen molar-refractivity contribution in [3.05, 3.63) is 29.8 Å². The highest BCUT2D eigenvalue weighted by Crippen LogP contribution is 2.47. The number of ether oxygens (including phenoxy) is 2. The van der Waals surface area contributed by atoms with Crippen molar-refractivity contribution in [2.24, 2.45) is 11.3 Å². The normalized spacial score (nSPS) is 26.4. The highest BCUT2D eigenvalue weighted by Gasteiger charge is 2.62. The summed E-state index contributed by atoms with van der Waals surface area (Å²) >= 11 is 0. The van der Waals surface area contributed by atoms with E-state index in [1.165, 1.54) is 31.3 Å². The van der Waals surface area contributed by atoms with Crippen molar-refractivity contribution in [2.75, 3.05) is 26.1 Å². The quantitative estimate of drug-likeness (QED) is 0.502. The third-order valence-corrected chi connectivity index (χ3v) is 7.29. The summed E-state index contributed by atoms with van der Waals surface area (Å²) in [5.41, 5.74) is -2.52. The lowest BCUT2D eigenvalue weighted by Crippen LogP contribution is -2.57. The molecule has 11 heteroatoms. The zero-order valence-electron chi connectivity index (χ0n) is 22.1. The molecule has 0 spiro atoms. The van der Waals surface area contributed by atoms with Crippen molar-refractivity contribution in [1.82, 2.24) is 10.2 Å². The first-order valence-corrected chi connectivity index (χ1v) is 12.4. The fourth-order valence-corrected chi connectivity index (χ4v) is 4.99. The Hall–Kier alpha value is -2.82. The lowest BCUT2D eigenvalue weighted by atomic mass is 9.85. The molecule has 2 amide bonds. The molecule has 1 heterocycles. The van der Waals surface area contributed by atoms with Crippen LogP contribution in [0.25, 0.3) is 0 Å². The summed E-state index contributed by atoms with van der Waals surface area (Å²) in [7, 11) is 2.75. The van der Waals surface area contributed by atoms with E-state index in [0.717, 1.165) is 12.1 Å². The molecule has 1 saturated carbocycles. The van der Waals surface area contributed by atoms with Crippen molar-refractivity contribution < 1.29 is 37.0 Å². The Labute approximate surface area is 215 Å². The maximum Gasteiger partial charge on any atom is 0.416 e. The van der Waals surface area contributed by atoms with Gasteiger partial charge in [-0.25, -0.2) is 4.79 Å². The van der Waals surface area contributed by atoms with Crippen molar-refractivity contribution in [3.63, 3.8) is 0 Å². The van der Waals surface area contributed by atoms with Crippen LogP contribution in [-0.4, -0.2) is 67.2 Å². The van der Waals surface area contributed by atoms with Crippen molar-refractivity contribution >= 4 is 23.5 Å². The fraction of sp³-hybridized carbons (Fsp3) is 0.654. The van der Waals surface area contributed by atoms with Gasteiger partial charge in [-0.15, -0.1) is 0 Å². The monoisotopic (exact) mass is 527 g/mol. The number of amides is 2. The summed E-state index contributed by atoms with van der Waals surface area (Å²) in [6.45, 7) is 7.42. The van der Waals surface area contributed by atoms with Gasteiger partial charge in [-0.2, -0.15) is 13.2 Å². The molecule has 2 aliphatic rings. The van der Waals surface area contributed by atoms with Gasteiger partial charge < -0.3 is 25.0 Å². The van der Waals surface area contributed by atoms with Crippen LogP contribution in [0.1, 0.15) is 52.5 Å². The van der Waals surface area contributed by atoms with E-state index in [4.69, 9.17) is 9.47 Å². The second kappa shape index (κ2) is 10.5. The van der Waals surface area contributed by atoms with Crippen LogP contribution in [0.5, 0.6) is 0 Å². The van der Waals surface area contributed by atoms with E-state index in [0.29, 0.717) is 12.8 Å². The number of anilines is 1. The van der Waals surface area contributed by atoms with Crippen molar-refractivity contribution in [3.8, 4) is 0 Å². The minimum Gasteiger partial charge on any atom is -0.467 e. The van der Waals surface area contributed by atoms with Crippen LogP contribution in [-0.2, 0) is 30.0 Å². The van der Waals surface area contributed by atoms with Crippen LogP contribution >= 0.6 is 0 Å². The Kier molecular flexibility index (Phi) is 8.16. The summed E-state index contributed by atoms with van der Waals surface area (Å²) in [4.78, 5) is 41.1. The molecule has 1 aromatic rings. The molecule has 1 aromatic carbocycles. The zero-order valence-corrected chi connectivity index (χ0v) is 22.1. The van der Waals surface area contributed by atoms with Crippen LogP contribution in [0.2, 0.25) is 0 Å². The third-order valence-electron chi connectivity index (χ3n) is 7.29. The second-order valence-electron chi connectivity index (χ2n) is 10.9. The number of carbonyl (C=O) groups is 3. The Morgan fingerprint density at radius 3 is 2.38 bits per heavy atom. The zero-order chi connectivity index (χ0) is 27.8. The van der Waals surface area contributed by atoms with E-state index in [1.54, 1.807) is 20.8 Å².